The van der Waals surface area contributed by atoms with E-state index < -0.39 is 5.60 Å². The van der Waals surface area contributed by atoms with Gasteiger partial charge in [0.05, 0.1) is 0 Å². The molecular formula is C16H23NO2. The van der Waals surface area contributed by atoms with Crippen LogP contribution in [0, 0.1) is 0 Å². The lowest BCUT2D eigenvalue weighted by atomic mass is 9.84. The van der Waals surface area contributed by atoms with Crippen molar-refractivity contribution in [3.63, 3.8) is 0 Å². The summed E-state index contributed by atoms with van der Waals surface area (Å²) in [5, 5.41) is 3.32. The summed E-state index contributed by atoms with van der Waals surface area (Å²) in [6.07, 6.45) is 2.12. The molecular weight excluding hydrogens is 238 g/mol. The van der Waals surface area contributed by atoms with Crippen molar-refractivity contribution >= 4 is 5.97 Å². The minimum atomic E-state index is -0.433. The van der Waals surface area contributed by atoms with Crippen LogP contribution < -0.4 is 5.32 Å². The maximum atomic E-state index is 12.3. The molecule has 0 saturated carbocycles. The smallest absolute Gasteiger partial charge is 0.324 e. The Kier molecular flexibility index (Phi) is 4.25. The molecule has 0 bridgehead atoms. The third-order valence-electron chi connectivity index (χ3n) is 3.35. The van der Waals surface area contributed by atoms with Crippen molar-refractivity contribution in [2.45, 2.75) is 51.2 Å². The summed E-state index contributed by atoms with van der Waals surface area (Å²) >= 11 is 0. The zero-order valence-corrected chi connectivity index (χ0v) is 12.0. The van der Waals surface area contributed by atoms with Crippen molar-refractivity contribution in [1.82, 2.24) is 5.32 Å². The molecule has 1 saturated heterocycles. The van der Waals surface area contributed by atoms with Gasteiger partial charge < -0.3 is 10.1 Å². The monoisotopic (exact) mass is 261 g/mol. The van der Waals surface area contributed by atoms with Gasteiger partial charge in [0.15, 0.2) is 0 Å². The number of esters is 1. The van der Waals surface area contributed by atoms with E-state index in [4.69, 9.17) is 4.74 Å². The lowest BCUT2D eigenvalue weighted by Crippen LogP contribution is -2.48. The second-order valence-electron chi connectivity index (χ2n) is 6.12. The number of benzene rings is 1. The Balaban J connectivity index is 2.15. The fourth-order valence-corrected chi connectivity index (χ4v) is 2.56. The molecule has 1 aromatic rings. The van der Waals surface area contributed by atoms with Crippen molar-refractivity contribution in [3.8, 4) is 0 Å². The summed E-state index contributed by atoms with van der Waals surface area (Å²) in [6, 6.07) is 10.0. The van der Waals surface area contributed by atoms with E-state index >= 15 is 0 Å². The van der Waals surface area contributed by atoms with Crippen LogP contribution in [0.1, 0.15) is 45.1 Å². The maximum absolute atomic E-state index is 12.3. The van der Waals surface area contributed by atoms with Gasteiger partial charge in [0.25, 0.3) is 0 Å². The van der Waals surface area contributed by atoms with Crippen LogP contribution in [0.15, 0.2) is 30.3 Å². The first-order chi connectivity index (χ1) is 8.97. The van der Waals surface area contributed by atoms with Crippen LogP contribution in [0.25, 0.3) is 0 Å². The van der Waals surface area contributed by atoms with Gasteiger partial charge in [0.2, 0.25) is 0 Å². The van der Waals surface area contributed by atoms with Gasteiger partial charge in [-0.25, -0.2) is 0 Å². The highest BCUT2D eigenvalue weighted by Crippen LogP contribution is 2.29. The topological polar surface area (TPSA) is 38.3 Å². The van der Waals surface area contributed by atoms with E-state index in [1.165, 1.54) is 5.56 Å². The molecule has 1 N–H and O–H groups in total. The van der Waals surface area contributed by atoms with E-state index in [0.717, 1.165) is 19.4 Å². The Morgan fingerprint density at radius 3 is 2.58 bits per heavy atom. The zero-order valence-electron chi connectivity index (χ0n) is 12.0. The number of nitrogens with one attached hydrogen (secondary N) is 1. The molecule has 1 heterocycles. The third-order valence-corrected chi connectivity index (χ3v) is 3.35. The quantitative estimate of drug-likeness (QED) is 0.832. The third kappa shape index (κ3) is 3.80. The van der Waals surface area contributed by atoms with E-state index in [9.17, 15) is 4.79 Å². The average molecular weight is 261 g/mol. The summed E-state index contributed by atoms with van der Waals surface area (Å²) in [5.74, 6) is 0.0749. The average Bonchev–Trinajstić information content (AvgIpc) is 2.38. The number of carbonyl (C=O) groups is 1. The molecule has 1 aromatic carbocycles. The van der Waals surface area contributed by atoms with Crippen molar-refractivity contribution in [1.29, 1.82) is 0 Å². The fourth-order valence-electron chi connectivity index (χ4n) is 2.56. The molecule has 2 rings (SSSR count). The highest BCUT2D eigenvalue weighted by atomic mass is 16.6. The van der Waals surface area contributed by atoms with E-state index in [0.29, 0.717) is 0 Å². The first kappa shape index (κ1) is 14.1. The largest absolute Gasteiger partial charge is 0.459 e. The van der Waals surface area contributed by atoms with Gasteiger partial charge in [-0.1, -0.05) is 30.3 Å². The second-order valence-corrected chi connectivity index (χ2v) is 6.12. The van der Waals surface area contributed by atoms with Crippen LogP contribution in [0.2, 0.25) is 0 Å². The minimum Gasteiger partial charge on any atom is -0.459 e. The van der Waals surface area contributed by atoms with Gasteiger partial charge in [-0.15, -0.1) is 0 Å². The van der Waals surface area contributed by atoms with Crippen LogP contribution in [-0.2, 0) is 9.53 Å². The van der Waals surface area contributed by atoms with Gasteiger partial charge in [0, 0.05) is 5.92 Å². The lowest BCUT2D eigenvalue weighted by molar-refractivity contribution is -0.158. The van der Waals surface area contributed by atoms with Crippen LogP contribution in [0.3, 0.4) is 0 Å². The van der Waals surface area contributed by atoms with Crippen LogP contribution in [0.4, 0.5) is 0 Å². The Bertz CT molecular complexity index is 422. The van der Waals surface area contributed by atoms with Gasteiger partial charge >= 0.3 is 5.97 Å². The van der Waals surface area contributed by atoms with Crippen LogP contribution in [0.5, 0.6) is 0 Å². The predicted molar refractivity (Wildman–Crippen MR) is 76.1 cm³/mol. The van der Waals surface area contributed by atoms with Crippen molar-refractivity contribution in [2.24, 2.45) is 0 Å². The number of hydrogen-bond donors (Lipinski definition) is 1. The highest BCUT2D eigenvalue weighted by Gasteiger charge is 2.34. The predicted octanol–water partition coefficient (Wildman–Crippen LogP) is 2.86. The second kappa shape index (κ2) is 5.74. The number of rotatable bonds is 2. The summed E-state index contributed by atoms with van der Waals surface area (Å²) < 4.78 is 5.53. The lowest BCUT2D eigenvalue weighted by Gasteiger charge is -2.33. The molecule has 0 amide bonds. The molecule has 0 aromatic heterocycles. The molecule has 3 heteroatoms. The number of ether oxygens (including phenoxy) is 1. The van der Waals surface area contributed by atoms with Gasteiger partial charge in [-0.05, 0) is 45.7 Å². The molecule has 0 spiro atoms. The summed E-state index contributed by atoms with van der Waals surface area (Å²) in [4.78, 5) is 12.3. The molecule has 1 aliphatic rings. The standard InChI is InChI=1S/C16H23NO2/c1-16(2,3)19-15(18)14-13(10-7-11-17-14)12-8-5-4-6-9-12/h4-6,8-9,13-14,17H,7,10-11H2,1-3H3/t13-,14+/m0/s1. The summed E-state index contributed by atoms with van der Waals surface area (Å²) in [7, 11) is 0. The maximum Gasteiger partial charge on any atom is 0.324 e. The molecule has 0 radical (unpaired) electrons. The highest BCUT2D eigenvalue weighted by molar-refractivity contribution is 5.77. The number of carbonyl (C=O) groups excluding carboxylic acids is 1. The number of piperidine rings is 1. The molecule has 3 nitrogen and oxygen atoms in total. The van der Waals surface area contributed by atoms with Gasteiger partial charge in [-0.3, -0.25) is 4.79 Å². The van der Waals surface area contributed by atoms with E-state index in [1.54, 1.807) is 0 Å². The molecule has 0 aliphatic carbocycles. The SMILES string of the molecule is CC(C)(C)OC(=O)[C@@H]1NCCC[C@H]1c1ccccc1. The zero-order chi connectivity index (χ0) is 13.9. The van der Waals surface area contributed by atoms with Crippen LogP contribution in [-0.4, -0.2) is 24.2 Å². The molecule has 1 aliphatic heterocycles. The Labute approximate surface area is 115 Å². The Morgan fingerprint density at radius 1 is 1.26 bits per heavy atom. The molecule has 104 valence electrons. The van der Waals surface area contributed by atoms with E-state index in [-0.39, 0.29) is 17.9 Å². The Morgan fingerprint density at radius 2 is 1.95 bits per heavy atom. The normalized spacial score (nSPS) is 23.9. The molecule has 0 unspecified atom stereocenters. The van der Waals surface area contributed by atoms with Gasteiger partial charge in [-0.2, -0.15) is 0 Å². The fraction of sp³-hybridized carbons (Fsp3) is 0.562. The number of hydrogen-bond acceptors (Lipinski definition) is 3. The van der Waals surface area contributed by atoms with Crippen molar-refractivity contribution in [2.75, 3.05) is 6.54 Å². The van der Waals surface area contributed by atoms with Crippen LogP contribution >= 0.6 is 0 Å². The minimum absolute atomic E-state index is 0.138. The molecule has 19 heavy (non-hydrogen) atoms. The van der Waals surface area contributed by atoms with Gasteiger partial charge in [0.1, 0.15) is 11.6 Å². The molecule has 2 atom stereocenters. The Hall–Kier alpha value is -1.35. The molecule has 1 fully saturated rings. The van der Waals surface area contributed by atoms with E-state index in [2.05, 4.69) is 17.4 Å². The van der Waals surface area contributed by atoms with Crippen molar-refractivity contribution in [3.05, 3.63) is 35.9 Å². The summed E-state index contributed by atoms with van der Waals surface area (Å²) in [5.41, 5.74) is 0.780. The first-order valence-electron chi connectivity index (χ1n) is 6.98. The van der Waals surface area contributed by atoms with E-state index in [1.807, 2.05) is 39.0 Å². The summed E-state index contributed by atoms with van der Waals surface area (Å²) in [6.45, 7) is 6.61. The first-order valence-corrected chi connectivity index (χ1v) is 6.98. The van der Waals surface area contributed by atoms with Crippen molar-refractivity contribution < 1.29 is 9.53 Å².